The van der Waals surface area contributed by atoms with Crippen LogP contribution in [0, 0.1) is 0 Å². The molecule has 0 aromatic heterocycles. The molecule has 20 heavy (non-hydrogen) atoms. The molecule has 1 N–H and O–H groups in total. The summed E-state index contributed by atoms with van der Waals surface area (Å²) in [6.45, 7) is 5.66. The van der Waals surface area contributed by atoms with E-state index >= 15 is 0 Å². The number of hydrogen-bond donors (Lipinski definition) is 1. The molecule has 1 fully saturated rings. The van der Waals surface area contributed by atoms with E-state index in [-0.39, 0.29) is 5.91 Å². The number of likely N-dealkylation sites (N-methyl/N-ethyl adjacent to an activating group) is 1. The number of nitrogens with zero attached hydrogens (tertiary/aromatic N) is 1. The molecule has 0 radical (unpaired) electrons. The maximum absolute atomic E-state index is 12.2. The molecule has 1 atom stereocenters. The lowest BCUT2D eigenvalue weighted by Gasteiger charge is -2.22. The summed E-state index contributed by atoms with van der Waals surface area (Å²) < 4.78 is 5.09. The van der Waals surface area contributed by atoms with Gasteiger partial charge in [-0.1, -0.05) is 19.1 Å². The fraction of sp³-hybridized carbons (Fsp3) is 0.562. The standard InChI is InChI=1S/C16H24N2O2/c1-3-18-9-5-8-15(18)11-17-16(19)14-7-4-6-13(10-14)12-20-2/h4,6-7,10,15H,3,5,8-9,11-12H2,1-2H3,(H,17,19). The topological polar surface area (TPSA) is 41.6 Å². The first-order chi connectivity index (χ1) is 9.74. The molecule has 110 valence electrons. The van der Waals surface area contributed by atoms with Crippen LogP contribution in [0.4, 0.5) is 0 Å². The lowest BCUT2D eigenvalue weighted by Crippen LogP contribution is -2.40. The van der Waals surface area contributed by atoms with Gasteiger partial charge < -0.3 is 10.1 Å². The zero-order chi connectivity index (χ0) is 14.4. The van der Waals surface area contributed by atoms with E-state index in [0.717, 1.165) is 25.2 Å². The van der Waals surface area contributed by atoms with Crippen LogP contribution in [-0.2, 0) is 11.3 Å². The predicted molar refractivity (Wildman–Crippen MR) is 79.8 cm³/mol. The SMILES string of the molecule is CCN1CCCC1CNC(=O)c1cccc(COC)c1. The van der Waals surface area contributed by atoms with Crippen LogP contribution in [0.15, 0.2) is 24.3 Å². The van der Waals surface area contributed by atoms with Crippen molar-refractivity contribution in [1.82, 2.24) is 10.2 Å². The van der Waals surface area contributed by atoms with Gasteiger partial charge in [0.25, 0.3) is 5.91 Å². The van der Waals surface area contributed by atoms with Gasteiger partial charge in [0, 0.05) is 25.3 Å². The smallest absolute Gasteiger partial charge is 0.251 e. The van der Waals surface area contributed by atoms with Crippen LogP contribution in [-0.4, -0.2) is 43.6 Å². The molecule has 1 amide bonds. The molecular weight excluding hydrogens is 252 g/mol. The van der Waals surface area contributed by atoms with Gasteiger partial charge in [0.05, 0.1) is 6.61 Å². The zero-order valence-corrected chi connectivity index (χ0v) is 12.4. The maximum atomic E-state index is 12.2. The minimum Gasteiger partial charge on any atom is -0.380 e. The molecule has 0 spiro atoms. The Bertz CT molecular complexity index is 448. The number of nitrogens with one attached hydrogen (secondary N) is 1. The summed E-state index contributed by atoms with van der Waals surface area (Å²) in [4.78, 5) is 14.6. The maximum Gasteiger partial charge on any atom is 0.251 e. The van der Waals surface area contributed by atoms with Gasteiger partial charge in [-0.15, -0.1) is 0 Å². The van der Waals surface area contributed by atoms with Gasteiger partial charge >= 0.3 is 0 Å². The van der Waals surface area contributed by atoms with Crippen molar-refractivity contribution in [2.45, 2.75) is 32.4 Å². The van der Waals surface area contributed by atoms with Crippen LogP contribution in [0.2, 0.25) is 0 Å². The van der Waals surface area contributed by atoms with Crippen LogP contribution in [0.1, 0.15) is 35.7 Å². The Hall–Kier alpha value is -1.39. The average molecular weight is 276 g/mol. The Balaban J connectivity index is 1.89. The Morgan fingerprint density at radius 1 is 1.50 bits per heavy atom. The number of likely N-dealkylation sites (tertiary alicyclic amines) is 1. The van der Waals surface area contributed by atoms with E-state index in [0.29, 0.717) is 18.2 Å². The van der Waals surface area contributed by atoms with E-state index in [2.05, 4.69) is 17.1 Å². The van der Waals surface area contributed by atoms with Gasteiger partial charge in [-0.25, -0.2) is 0 Å². The highest BCUT2D eigenvalue weighted by Gasteiger charge is 2.23. The summed E-state index contributed by atoms with van der Waals surface area (Å²) in [5.41, 5.74) is 1.73. The number of hydrogen-bond acceptors (Lipinski definition) is 3. The van der Waals surface area contributed by atoms with Crippen LogP contribution in [0.25, 0.3) is 0 Å². The Labute approximate surface area is 121 Å². The van der Waals surface area contributed by atoms with E-state index in [1.54, 1.807) is 7.11 Å². The monoisotopic (exact) mass is 276 g/mol. The predicted octanol–water partition coefficient (Wildman–Crippen LogP) is 2.05. The number of ether oxygens (including phenoxy) is 1. The summed E-state index contributed by atoms with van der Waals surface area (Å²) in [5, 5.41) is 3.05. The molecule has 1 unspecified atom stereocenters. The molecule has 0 bridgehead atoms. The van der Waals surface area contributed by atoms with Crippen LogP contribution in [0.3, 0.4) is 0 Å². The Morgan fingerprint density at radius 3 is 3.10 bits per heavy atom. The third-order valence-corrected chi connectivity index (χ3v) is 3.90. The number of carbonyl (C=O) groups excluding carboxylic acids is 1. The molecular formula is C16H24N2O2. The van der Waals surface area contributed by atoms with E-state index in [4.69, 9.17) is 4.74 Å². The van der Waals surface area contributed by atoms with Crippen molar-refractivity contribution in [2.24, 2.45) is 0 Å². The fourth-order valence-electron chi connectivity index (χ4n) is 2.82. The molecule has 1 aliphatic rings. The highest BCUT2D eigenvalue weighted by molar-refractivity contribution is 5.94. The number of amides is 1. The molecule has 1 aromatic rings. The van der Waals surface area contributed by atoms with Gasteiger partial charge in [0.1, 0.15) is 0 Å². The summed E-state index contributed by atoms with van der Waals surface area (Å²) in [7, 11) is 1.66. The quantitative estimate of drug-likeness (QED) is 0.864. The van der Waals surface area contributed by atoms with Gasteiger partial charge in [0.15, 0.2) is 0 Å². The second kappa shape index (κ2) is 7.41. The molecule has 1 aromatic carbocycles. The van der Waals surface area contributed by atoms with Gasteiger partial charge in [0.2, 0.25) is 0 Å². The minimum atomic E-state index is 0.00547. The van der Waals surface area contributed by atoms with Crippen molar-refractivity contribution in [1.29, 1.82) is 0 Å². The lowest BCUT2D eigenvalue weighted by molar-refractivity contribution is 0.0941. The van der Waals surface area contributed by atoms with Crippen LogP contribution >= 0.6 is 0 Å². The molecule has 1 heterocycles. The second-order valence-electron chi connectivity index (χ2n) is 5.27. The van der Waals surface area contributed by atoms with Crippen LogP contribution < -0.4 is 5.32 Å². The molecule has 4 nitrogen and oxygen atoms in total. The van der Waals surface area contributed by atoms with Crippen LogP contribution in [0.5, 0.6) is 0 Å². The summed E-state index contributed by atoms with van der Waals surface area (Å²) in [5.74, 6) is 0.00547. The number of rotatable bonds is 6. The Kier molecular flexibility index (Phi) is 5.56. The fourth-order valence-corrected chi connectivity index (χ4v) is 2.82. The molecule has 1 saturated heterocycles. The Morgan fingerprint density at radius 2 is 2.35 bits per heavy atom. The first kappa shape index (κ1) is 15.0. The first-order valence-electron chi connectivity index (χ1n) is 7.34. The van der Waals surface area contributed by atoms with E-state index in [1.807, 2.05) is 24.3 Å². The van der Waals surface area contributed by atoms with Crippen molar-refractivity contribution in [2.75, 3.05) is 26.7 Å². The normalized spacial score (nSPS) is 19.2. The number of methoxy groups -OCH3 is 1. The van der Waals surface area contributed by atoms with Gasteiger partial charge in [-0.3, -0.25) is 9.69 Å². The van der Waals surface area contributed by atoms with Crippen molar-refractivity contribution < 1.29 is 9.53 Å². The summed E-state index contributed by atoms with van der Waals surface area (Å²) in [6.07, 6.45) is 2.41. The zero-order valence-electron chi connectivity index (χ0n) is 12.4. The highest BCUT2D eigenvalue weighted by Crippen LogP contribution is 2.15. The molecule has 0 aliphatic carbocycles. The van der Waals surface area contributed by atoms with Crippen molar-refractivity contribution in [3.05, 3.63) is 35.4 Å². The largest absolute Gasteiger partial charge is 0.380 e. The van der Waals surface area contributed by atoms with Crippen molar-refractivity contribution >= 4 is 5.91 Å². The van der Waals surface area contributed by atoms with E-state index in [9.17, 15) is 4.79 Å². The van der Waals surface area contributed by atoms with E-state index < -0.39 is 0 Å². The molecule has 2 rings (SSSR count). The van der Waals surface area contributed by atoms with Crippen molar-refractivity contribution in [3.8, 4) is 0 Å². The van der Waals surface area contributed by atoms with Crippen molar-refractivity contribution in [3.63, 3.8) is 0 Å². The van der Waals surface area contributed by atoms with Gasteiger partial charge in [-0.2, -0.15) is 0 Å². The minimum absolute atomic E-state index is 0.00547. The van der Waals surface area contributed by atoms with Gasteiger partial charge in [-0.05, 0) is 43.6 Å². The average Bonchev–Trinajstić information content (AvgIpc) is 2.93. The number of benzene rings is 1. The third-order valence-electron chi connectivity index (χ3n) is 3.90. The summed E-state index contributed by atoms with van der Waals surface area (Å²) in [6, 6.07) is 8.10. The summed E-state index contributed by atoms with van der Waals surface area (Å²) >= 11 is 0. The number of carbonyl (C=O) groups is 1. The molecule has 1 aliphatic heterocycles. The second-order valence-corrected chi connectivity index (χ2v) is 5.27. The lowest BCUT2D eigenvalue weighted by atomic mass is 10.1. The first-order valence-corrected chi connectivity index (χ1v) is 7.34. The third kappa shape index (κ3) is 3.81. The molecule has 0 saturated carbocycles. The van der Waals surface area contributed by atoms with E-state index in [1.165, 1.54) is 12.8 Å². The molecule has 4 heteroatoms. The highest BCUT2D eigenvalue weighted by atomic mass is 16.5.